The van der Waals surface area contributed by atoms with E-state index in [9.17, 15) is 5.11 Å². The van der Waals surface area contributed by atoms with E-state index < -0.39 is 6.10 Å². The molecule has 3 atom stereocenters. The van der Waals surface area contributed by atoms with Crippen molar-refractivity contribution in [3.05, 3.63) is 30.3 Å². The molecule has 0 saturated carbocycles. The Morgan fingerprint density at radius 3 is 2.58 bits per heavy atom. The number of para-hydroxylation sites is 1. The highest BCUT2D eigenvalue weighted by Crippen LogP contribution is 2.10. The molecule has 0 fully saturated rings. The van der Waals surface area contributed by atoms with E-state index in [1.54, 1.807) is 11.8 Å². The molecule has 1 rings (SSSR count). The summed E-state index contributed by atoms with van der Waals surface area (Å²) in [4.78, 5) is 0. The fraction of sp³-hybridized carbons (Fsp3) is 0.571. The first-order valence-corrected chi connectivity index (χ1v) is 7.69. The Hall–Kier alpha value is -0.750. The smallest absolute Gasteiger partial charge is 0.119 e. The van der Waals surface area contributed by atoms with E-state index in [4.69, 9.17) is 9.84 Å². The van der Waals surface area contributed by atoms with Gasteiger partial charge in [0.2, 0.25) is 0 Å². The summed E-state index contributed by atoms with van der Waals surface area (Å²) >= 11 is 1.61. The van der Waals surface area contributed by atoms with Crippen molar-refractivity contribution in [3.8, 4) is 5.75 Å². The molecule has 0 aliphatic carbocycles. The Bertz CT molecular complexity index is 333. The summed E-state index contributed by atoms with van der Waals surface area (Å²) in [6, 6.07) is 9.57. The minimum Gasteiger partial charge on any atom is -0.491 e. The van der Waals surface area contributed by atoms with Gasteiger partial charge in [0, 0.05) is 17.8 Å². The van der Waals surface area contributed by atoms with E-state index in [0.29, 0.717) is 6.54 Å². The van der Waals surface area contributed by atoms with Crippen LogP contribution in [0, 0.1) is 0 Å². The maximum Gasteiger partial charge on any atom is 0.119 e. The number of aliphatic hydroxyl groups is 2. The summed E-state index contributed by atoms with van der Waals surface area (Å²) < 4.78 is 5.47. The van der Waals surface area contributed by atoms with Crippen molar-refractivity contribution >= 4 is 11.8 Å². The molecule has 108 valence electrons. The number of aliphatic hydroxyl groups excluding tert-OH is 2. The molecule has 0 amide bonds. The van der Waals surface area contributed by atoms with Crippen molar-refractivity contribution in [1.82, 2.24) is 5.32 Å². The van der Waals surface area contributed by atoms with Gasteiger partial charge in [-0.05, 0) is 25.3 Å². The van der Waals surface area contributed by atoms with Crippen LogP contribution in [0.1, 0.15) is 6.92 Å². The molecule has 4 nitrogen and oxygen atoms in total. The Kier molecular flexibility index (Phi) is 7.90. The lowest BCUT2D eigenvalue weighted by Gasteiger charge is -2.23. The second-order valence-corrected chi connectivity index (χ2v) is 5.51. The summed E-state index contributed by atoms with van der Waals surface area (Å²) in [6.07, 6.45) is 1.40. The number of rotatable bonds is 9. The van der Waals surface area contributed by atoms with E-state index in [1.807, 2.05) is 43.5 Å². The summed E-state index contributed by atoms with van der Waals surface area (Å²) in [5, 5.41) is 22.3. The quantitative estimate of drug-likeness (QED) is 0.635. The van der Waals surface area contributed by atoms with Gasteiger partial charge in [0.15, 0.2) is 0 Å². The van der Waals surface area contributed by atoms with Crippen molar-refractivity contribution in [1.29, 1.82) is 0 Å². The molecule has 0 aliphatic rings. The van der Waals surface area contributed by atoms with Gasteiger partial charge < -0.3 is 20.3 Å². The van der Waals surface area contributed by atoms with Gasteiger partial charge in [0.25, 0.3) is 0 Å². The Balaban J connectivity index is 2.22. The highest BCUT2D eigenvalue weighted by atomic mass is 32.2. The molecule has 1 aromatic carbocycles. The van der Waals surface area contributed by atoms with Crippen LogP contribution in [0.4, 0.5) is 0 Å². The van der Waals surface area contributed by atoms with Crippen LogP contribution in [0.3, 0.4) is 0 Å². The van der Waals surface area contributed by atoms with Gasteiger partial charge in [-0.3, -0.25) is 0 Å². The molecule has 0 saturated heterocycles. The number of hydrogen-bond donors (Lipinski definition) is 3. The maximum atomic E-state index is 9.83. The zero-order valence-electron chi connectivity index (χ0n) is 11.5. The zero-order valence-corrected chi connectivity index (χ0v) is 12.3. The summed E-state index contributed by atoms with van der Waals surface area (Å²) in [5.41, 5.74) is 0. The third-order valence-corrected chi connectivity index (χ3v) is 4.06. The molecule has 0 spiro atoms. The van der Waals surface area contributed by atoms with Gasteiger partial charge in [0.1, 0.15) is 18.5 Å². The maximum absolute atomic E-state index is 9.83. The highest BCUT2D eigenvalue weighted by molar-refractivity contribution is 7.99. The molecule has 19 heavy (non-hydrogen) atoms. The highest BCUT2D eigenvalue weighted by Gasteiger charge is 2.16. The van der Waals surface area contributed by atoms with Gasteiger partial charge in [-0.2, -0.15) is 11.8 Å². The molecule has 1 aromatic rings. The molecule has 0 aromatic heterocycles. The van der Waals surface area contributed by atoms with Crippen LogP contribution < -0.4 is 10.1 Å². The first kappa shape index (κ1) is 16.3. The summed E-state index contributed by atoms with van der Waals surface area (Å²) in [7, 11) is 0. The van der Waals surface area contributed by atoms with Crippen LogP contribution in [0.5, 0.6) is 5.75 Å². The van der Waals surface area contributed by atoms with Crippen molar-refractivity contribution in [2.75, 3.05) is 26.0 Å². The third kappa shape index (κ3) is 6.29. The Labute approximate surface area is 119 Å². The minimum absolute atomic E-state index is 0.131. The van der Waals surface area contributed by atoms with Crippen molar-refractivity contribution in [2.45, 2.75) is 24.3 Å². The van der Waals surface area contributed by atoms with Gasteiger partial charge in [-0.25, -0.2) is 0 Å². The van der Waals surface area contributed by atoms with Crippen LogP contribution in [0.25, 0.3) is 0 Å². The molecular weight excluding hydrogens is 262 g/mol. The van der Waals surface area contributed by atoms with Crippen molar-refractivity contribution < 1.29 is 14.9 Å². The average molecular weight is 285 g/mol. The fourth-order valence-corrected chi connectivity index (χ4v) is 2.31. The Morgan fingerprint density at radius 2 is 2.00 bits per heavy atom. The molecule has 0 heterocycles. The van der Waals surface area contributed by atoms with E-state index in [0.717, 1.165) is 5.75 Å². The SMILES string of the molecule is CSC(CO)C(C)NCC(O)COc1ccccc1. The molecule has 5 heteroatoms. The normalized spacial score (nSPS) is 15.8. The lowest BCUT2D eigenvalue weighted by molar-refractivity contribution is 0.103. The summed E-state index contributed by atoms with van der Waals surface area (Å²) in [5.74, 6) is 0.756. The van der Waals surface area contributed by atoms with Crippen LogP contribution in [0.2, 0.25) is 0 Å². The summed E-state index contributed by atoms with van der Waals surface area (Å²) in [6.45, 7) is 2.84. The van der Waals surface area contributed by atoms with E-state index in [1.165, 1.54) is 0 Å². The van der Waals surface area contributed by atoms with E-state index in [-0.39, 0.29) is 24.5 Å². The number of benzene rings is 1. The van der Waals surface area contributed by atoms with Gasteiger partial charge >= 0.3 is 0 Å². The second kappa shape index (κ2) is 9.20. The van der Waals surface area contributed by atoms with Crippen LogP contribution >= 0.6 is 11.8 Å². The van der Waals surface area contributed by atoms with Gasteiger partial charge in [-0.15, -0.1) is 0 Å². The second-order valence-electron chi connectivity index (χ2n) is 4.43. The number of hydrogen-bond acceptors (Lipinski definition) is 5. The molecule has 3 unspecified atom stereocenters. The standard InChI is InChI=1S/C14H23NO3S/c1-11(14(9-16)19-2)15-8-12(17)10-18-13-6-4-3-5-7-13/h3-7,11-12,14-17H,8-10H2,1-2H3. The van der Waals surface area contributed by atoms with Crippen molar-refractivity contribution in [3.63, 3.8) is 0 Å². The first-order chi connectivity index (χ1) is 9.17. The van der Waals surface area contributed by atoms with Gasteiger partial charge in [-0.1, -0.05) is 18.2 Å². The molecule has 0 bridgehead atoms. The molecule has 3 N–H and O–H groups in total. The van der Waals surface area contributed by atoms with Crippen LogP contribution in [-0.2, 0) is 0 Å². The van der Waals surface area contributed by atoms with E-state index >= 15 is 0 Å². The van der Waals surface area contributed by atoms with E-state index in [2.05, 4.69) is 5.32 Å². The fourth-order valence-electron chi connectivity index (χ4n) is 1.66. The topological polar surface area (TPSA) is 61.7 Å². The molecule has 0 radical (unpaired) electrons. The average Bonchev–Trinajstić information content (AvgIpc) is 2.45. The predicted octanol–water partition coefficient (Wildman–Crippen LogP) is 1.13. The lowest BCUT2D eigenvalue weighted by atomic mass is 10.2. The Morgan fingerprint density at radius 1 is 1.32 bits per heavy atom. The van der Waals surface area contributed by atoms with Crippen LogP contribution in [-0.4, -0.2) is 53.6 Å². The minimum atomic E-state index is -0.566. The number of thioether (sulfide) groups is 1. The van der Waals surface area contributed by atoms with Crippen molar-refractivity contribution in [2.24, 2.45) is 0 Å². The third-order valence-electron chi connectivity index (χ3n) is 2.90. The zero-order chi connectivity index (χ0) is 14.1. The van der Waals surface area contributed by atoms with Gasteiger partial charge in [0.05, 0.1) is 6.61 Å². The lowest BCUT2D eigenvalue weighted by Crippen LogP contribution is -2.42. The van der Waals surface area contributed by atoms with Crippen LogP contribution in [0.15, 0.2) is 30.3 Å². The largest absolute Gasteiger partial charge is 0.491 e. The molecular formula is C14H23NO3S. The predicted molar refractivity (Wildman–Crippen MR) is 79.8 cm³/mol. The number of ether oxygens (including phenoxy) is 1. The monoisotopic (exact) mass is 285 g/mol. The molecule has 0 aliphatic heterocycles. The number of nitrogens with one attached hydrogen (secondary N) is 1. The first-order valence-electron chi connectivity index (χ1n) is 6.40.